The maximum Gasteiger partial charge on any atom is 0.409 e. The largest absolute Gasteiger partial charge is 0.453 e. The smallest absolute Gasteiger partial charge is 0.409 e. The first-order chi connectivity index (χ1) is 6.69. The first kappa shape index (κ1) is 11.2. The summed E-state index contributed by atoms with van der Waals surface area (Å²) in [6.07, 6.45) is -0.409. The van der Waals surface area contributed by atoms with Gasteiger partial charge in [0.2, 0.25) is 0 Å². The average Bonchev–Trinajstić information content (AvgIpc) is 2.56. The van der Waals surface area contributed by atoms with E-state index in [0.717, 1.165) is 0 Å². The van der Waals surface area contributed by atoms with Crippen LogP contribution >= 0.6 is 0 Å². The van der Waals surface area contributed by atoms with E-state index in [9.17, 15) is 9.18 Å². The second-order valence-corrected chi connectivity index (χ2v) is 3.45. The van der Waals surface area contributed by atoms with Gasteiger partial charge in [-0.05, 0) is 0 Å². The number of ether oxygens (including phenoxy) is 2. The first-order valence-corrected chi connectivity index (χ1v) is 4.69. The van der Waals surface area contributed by atoms with Crippen molar-refractivity contribution >= 4 is 6.09 Å². The molecule has 0 bridgehead atoms. The number of nitrogens with zero attached hydrogens (tertiary/aromatic N) is 1. The van der Waals surface area contributed by atoms with Gasteiger partial charge in [0, 0.05) is 12.5 Å². The van der Waals surface area contributed by atoms with Crippen LogP contribution in [0.4, 0.5) is 9.18 Å². The molecule has 2 atom stereocenters. The Balaban J connectivity index is 2.39. The van der Waals surface area contributed by atoms with Gasteiger partial charge in [0.15, 0.2) is 0 Å². The van der Waals surface area contributed by atoms with E-state index in [1.807, 2.05) is 6.92 Å². The highest BCUT2D eigenvalue weighted by molar-refractivity contribution is 5.67. The molecule has 0 N–H and O–H groups in total. The molecule has 0 aromatic rings. The summed E-state index contributed by atoms with van der Waals surface area (Å²) in [6.45, 7) is 2.70. The molecule has 5 heteroatoms. The molecule has 1 saturated heterocycles. The van der Waals surface area contributed by atoms with Crippen LogP contribution in [0.5, 0.6) is 0 Å². The van der Waals surface area contributed by atoms with Gasteiger partial charge in [0.25, 0.3) is 0 Å². The fourth-order valence-corrected chi connectivity index (χ4v) is 1.63. The molecule has 14 heavy (non-hydrogen) atoms. The number of halogens is 1. The molecule has 0 aromatic carbocycles. The summed E-state index contributed by atoms with van der Waals surface area (Å²) in [5.41, 5.74) is 0. The zero-order chi connectivity index (χ0) is 10.6. The Morgan fingerprint density at radius 3 is 2.86 bits per heavy atom. The fraction of sp³-hybridized carbons (Fsp3) is 0.889. The topological polar surface area (TPSA) is 38.8 Å². The van der Waals surface area contributed by atoms with Crippen molar-refractivity contribution in [2.75, 3.05) is 33.5 Å². The minimum atomic E-state index is -0.485. The summed E-state index contributed by atoms with van der Waals surface area (Å²) in [4.78, 5) is 12.7. The highest BCUT2D eigenvalue weighted by Gasteiger charge is 2.33. The third-order valence-corrected chi connectivity index (χ3v) is 2.39. The van der Waals surface area contributed by atoms with E-state index in [-0.39, 0.29) is 24.7 Å². The van der Waals surface area contributed by atoms with E-state index in [2.05, 4.69) is 4.74 Å². The third-order valence-electron chi connectivity index (χ3n) is 2.39. The van der Waals surface area contributed by atoms with Gasteiger partial charge in [0.1, 0.15) is 6.67 Å². The molecule has 1 aliphatic rings. The van der Waals surface area contributed by atoms with Crippen LogP contribution < -0.4 is 0 Å². The lowest BCUT2D eigenvalue weighted by atomic mass is 10.1. The monoisotopic (exact) mass is 205 g/mol. The Morgan fingerprint density at radius 1 is 1.57 bits per heavy atom. The lowest BCUT2D eigenvalue weighted by Crippen LogP contribution is -2.30. The zero-order valence-corrected chi connectivity index (χ0v) is 8.53. The highest BCUT2D eigenvalue weighted by Crippen LogP contribution is 2.19. The molecule has 0 aromatic heterocycles. The van der Waals surface area contributed by atoms with E-state index in [1.54, 1.807) is 4.90 Å². The zero-order valence-electron chi connectivity index (χ0n) is 8.53. The Hall–Kier alpha value is -0.840. The van der Waals surface area contributed by atoms with Crippen molar-refractivity contribution in [1.82, 2.24) is 4.90 Å². The molecule has 1 rings (SSSR count). The van der Waals surface area contributed by atoms with Crippen LogP contribution in [0.1, 0.15) is 6.92 Å². The quantitative estimate of drug-likeness (QED) is 0.691. The molecule has 0 spiro atoms. The van der Waals surface area contributed by atoms with Crippen LogP contribution in [-0.2, 0) is 9.47 Å². The number of alkyl halides is 1. The Morgan fingerprint density at radius 2 is 2.29 bits per heavy atom. The normalized spacial score (nSPS) is 26.6. The van der Waals surface area contributed by atoms with E-state index in [4.69, 9.17) is 4.74 Å². The van der Waals surface area contributed by atoms with Crippen LogP contribution in [0, 0.1) is 5.92 Å². The van der Waals surface area contributed by atoms with Crippen molar-refractivity contribution in [3.8, 4) is 0 Å². The number of hydrogen-bond acceptors (Lipinski definition) is 3. The number of amides is 1. The van der Waals surface area contributed by atoms with Gasteiger partial charge in [-0.2, -0.15) is 0 Å². The lowest BCUT2D eigenvalue weighted by molar-refractivity contribution is 0.0302. The van der Waals surface area contributed by atoms with Gasteiger partial charge in [0.05, 0.1) is 26.4 Å². The maximum atomic E-state index is 11.9. The van der Waals surface area contributed by atoms with Crippen LogP contribution in [0.15, 0.2) is 0 Å². The van der Waals surface area contributed by atoms with Gasteiger partial charge < -0.3 is 14.4 Å². The van der Waals surface area contributed by atoms with Crippen LogP contribution in [0.2, 0.25) is 0 Å². The van der Waals surface area contributed by atoms with E-state index >= 15 is 0 Å². The van der Waals surface area contributed by atoms with Crippen LogP contribution in [0.25, 0.3) is 0 Å². The van der Waals surface area contributed by atoms with E-state index in [0.29, 0.717) is 13.1 Å². The second-order valence-electron chi connectivity index (χ2n) is 3.45. The molecule has 1 fully saturated rings. The van der Waals surface area contributed by atoms with Crippen LogP contribution in [0.3, 0.4) is 0 Å². The fourth-order valence-electron chi connectivity index (χ4n) is 1.63. The van der Waals surface area contributed by atoms with Crippen molar-refractivity contribution in [2.45, 2.75) is 13.0 Å². The predicted octanol–water partition coefficient (Wildman–Crippen LogP) is 1.06. The molecule has 82 valence electrons. The van der Waals surface area contributed by atoms with Gasteiger partial charge >= 0.3 is 6.09 Å². The summed E-state index contributed by atoms with van der Waals surface area (Å²) < 4.78 is 21.7. The molecular formula is C9H16FNO3. The van der Waals surface area contributed by atoms with E-state index < -0.39 is 6.67 Å². The van der Waals surface area contributed by atoms with Crippen molar-refractivity contribution in [3.05, 3.63) is 0 Å². The number of carbonyl (C=O) groups is 1. The Bertz CT molecular complexity index is 200. The second kappa shape index (κ2) is 5.14. The van der Waals surface area contributed by atoms with Gasteiger partial charge in [-0.25, -0.2) is 9.18 Å². The summed E-state index contributed by atoms with van der Waals surface area (Å²) in [7, 11) is 1.35. The predicted molar refractivity (Wildman–Crippen MR) is 48.9 cm³/mol. The van der Waals surface area contributed by atoms with Crippen molar-refractivity contribution in [3.63, 3.8) is 0 Å². The Kier molecular flexibility index (Phi) is 4.13. The number of carbonyl (C=O) groups excluding carboxylic acids is 1. The molecule has 4 nitrogen and oxygen atoms in total. The van der Waals surface area contributed by atoms with E-state index in [1.165, 1.54) is 7.11 Å². The van der Waals surface area contributed by atoms with Crippen molar-refractivity contribution in [2.24, 2.45) is 5.92 Å². The minimum Gasteiger partial charge on any atom is -0.453 e. The number of rotatable bonds is 3. The molecular weight excluding hydrogens is 189 g/mol. The molecule has 1 aliphatic heterocycles. The third kappa shape index (κ3) is 2.57. The molecule has 0 radical (unpaired) electrons. The molecule has 2 unspecified atom stereocenters. The van der Waals surface area contributed by atoms with Gasteiger partial charge in [-0.15, -0.1) is 0 Å². The summed E-state index contributed by atoms with van der Waals surface area (Å²) >= 11 is 0. The molecule has 0 saturated carbocycles. The molecule has 0 aliphatic carbocycles. The summed E-state index contributed by atoms with van der Waals surface area (Å²) in [5.74, 6) is 0.237. The minimum absolute atomic E-state index is 0.0650. The highest BCUT2D eigenvalue weighted by atomic mass is 19.1. The first-order valence-electron chi connectivity index (χ1n) is 4.69. The van der Waals surface area contributed by atoms with Crippen molar-refractivity contribution in [1.29, 1.82) is 0 Å². The molecule has 1 heterocycles. The maximum absolute atomic E-state index is 11.9. The summed E-state index contributed by atoms with van der Waals surface area (Å²) in [5, 5.41) is 0. The molecule has 1 amide bonds. The number of methoxy groups -OCH3 is 1. The average molecular weight is 205 g/mol. The van der Waals surface area contributed by atoms with Crippen molar-refractivity contribution < 1.29 is 18.7 Å². The summed E-state index contributed by atoms with van der Waals surface area (Å²) in [6, 6.07) is 0. The standard InChI is InChI=1S/C9H16FNO3/c1-7-5-11(9(12)13-2)6-8(7)14-4-3-10/h7-8H,3-6H2,1-2H3. The Labute approximate surface area is 83.0 Å². The number of likely N-dealkylation sites (tertiary alicyclic amines) is 1. The SMILES string of the molecule is COC(=O)N1CC(C)C(OCCF)C1. The van der Waals surface area contributed by atoms with Gasteiger partial charge in [-0.1, -0.05) is 6.92 Å². The van der Waals surface area contributed by atoms with Crippen LogP contribution in [-0.4, -0.2) is 50.6 Å². The number of hydrogen-bond donors (Lipinski definition) is 0. The van der Waals surface area contributed by atoms with Gasteiger partial charge in [-0.3, -0.25) is 0 Å². The lowest BCUT2D eigenvalue weighted by Gasteiger charge is -2.14.